The van der Waals surface area contributed by atoms with Crippen LogP contribution in [-0.2, 0) is 6.42 Å². The van der Waals surface area contributed by atoms with Crippen molar-refractivity contribution in [2.75, 3.05) is 21.3 Å². The zero-order valence-corrected chi connectivity index (χ0v) is 12.6. The molecular formula is C17H21NO3. The van der Waals surface area contributed by atoms with Crippen LogP contribution in [0.1, 0.15) is 17.2 Å². The summed E-state index contributed by atoms with van der Waals surface area (Å²) in [6.45, 7) is 0. The topological polar surface area (TPSA) is 53.7 Å². The quantitative estimate of drug-likeness (QED) is 0.887. The van der Waals surface area contributed by atoms with E-state index in [0.717, 1.165) is 16.9 Å². The van der Waals surface area contributed by atoms with Crippen molar-refractivity contribution in [3.05, 3.63) is 53.6 Å². The Labute approximate surface area is 125 Å². The van der Waals surface area contributed by atoms with Crippen molar-refractivity contribution in [2.24, 2.45) is 5.73 Å². The number of hydrogen-bond acceptors (Lipinski definition) is 4. The predicted molar refractivity (Wildman–Crippen MR) is 83.2 cm³/mol. The van der Waals surface area contributed by atoms with Crippen LogP contribution in [0.3, 0.4) is 0 Å². The molecule has 4 nitrogen and oxygen atoms in total. The van der Waals surface area contributed by atoms with Gasteiger partial charge >= 0.3 is 0 Å². The lowest BCUT2D eigenvalue weighted by Gasteiger charge is -2.17. The summed E-state index contributed by atoms with van der Waals surface area (Å²) < 4.78 is 16.1. The summed E-state index contributed by atoms with van der Waals surface area (Å²) in [5.74, 6) is 2.07. The molecule has 112 valence electrons. The number of nitrogens with two attached hydrogens (primary N) is 1. The minimum Gasteiger partial charge on any atom is -0.496 e. The van der Waals surface area contributed by atoms with E-state index in [1.807, 2.05) is 42.5 Å². The second-order valence-electron chi connectivity index (χ2n) is 4.74. The Morgan fingerprint density at radius 1 is 0.857 bits per heavy atom. The first-order valence-electron chi connectivity index (χ1n) is 6.79. The van der Waals surface area contributed by atoms with Gasteiger partial charge in [-0.25, -0.2) is 0 Å². The molecule has 2 rings (SSSR count). The number of rotatable bonds is 6. The Kier molecular flexibility index (Phi) is 5.06. The maximum atomic E-state index is 6.29. The highest BCUT2D eigenvalue weighted by Gasteiger charge is 2.15. The van der Waals surface area contributed by atoms with E-state index in [2.05, 4.69) is 0 Å². The normalized spacial score (nSPS) is 11.8. The molecular weight excluding hydrogens is 266 g/mol. The van der Waals surface area contributed by atoms with Gasteiger partial charge in [0.1, 0.15) is 5.75 Å². The van der Waals surface area contributed by atoms with Gasteiger partial charge < -0.3 is 19.9 Å². The molecule has 2 N–H and O–H groups in total. The molecule has 0 amide bonds. The van der Waals surface area contributed by atoms with Crippen molar-refractivity contribution in [3.63, 3.8) is 0 Å². The van der Waals surface area contributed by atoms with Crippen LogP contribution in [0, 0.1) is 0 Å². The van der Waals surface area contributed by atoms with Crippen LogP contribution in [0.25, 0.3) is 0 Å². The summed E-state index contributed by atoms with van der Waals surface area (Å²) in [6.07, 6.45) is 0.660. The van der Waals surface area contributed by atoms with Crippen LogP contribution in [0.5, 0.6) is 17.2 Å². The van der Waals surface area contributed by atoms with Gasteiger partial charge in [0.25, 0.3) is 0 Å². The molecule has 4 heteroatoms. The van der Waals surface area contributed by atoms with E-state index >= 15 is 0 Å². The van der Waals surface area contributed by atoms with Crippen LogP contribution in [0.15, 0.2) is 42.5 Å². The van der Waals surface area contributed by atoms with E-state index < -0.39 is 0 Å². The van der Waals surface area contributed by atoms with Gasteiger partial charge in [-0.1, -0.05) is 30.3 Å². The Morgan fingerprint density at radius 3 is 2.00 bits per heavy atom. The third-order valence-corrected chi connectivity index (χ3v) is 3.45. The zero-order valence-electron chi connectivity index (χ0n) is 12.6. The van der Waals surface area contributed by atoms with Crippen LogP contribution >= 0.6 is 0 Å². The van der Waals surface area contributed by atoms with Gasteiger partial charge in [-0.05, 0) is 23.6 Å². The molecule has 0 fully saturated rings. The monoisotopic (exact) mass is 287 g/mol. The fourth-order valence-electron chi connectivity index (χ4n) is 2.31. The van der Waals surface area contributed by atoms with E-state index in [1.54, 1.807) is 21.3 Å². The fraction of sp³-hybridized carbons (Fsp3) is 0.294. The summed E-state index contributed by atoms with van der Waals surface area (Å²) in [5.41, 5.74) is 8.37. The third kappa shape index (κ3) is 3.47. The van der Waals surface area contributed by atoms with Gasteiger partial charge in [0.15, 0.2) is 11.5 Å². The lowest BCUT2D eigenvalue weighted by atomic mass is 9.98. The highest BCUT2D eigenvalue weighted by atomic mass is 16.5. The molecule has 0 saturated carbocycles. The van der Waals surface area contributed by atoms with E-state index in [9.17, 15) is 0 Å². The molecule has 0 spiro atoms. The summed E-state index contributed by atoms with van der Waals surface area (Å²) in [6, 6.07) is 13.6. The van der Waals surface area contributed by atoms with Gasteiger partial charge in [-0.2, -0.15) is 0 Å². The molecule has 0 aromatic heterocycles. The van der Waals surface area contributed by atoms with Gasteiger partial charge in [0.05, 0.1) is 21.3 Å². The lowest BCUT2D eigenvalue weighted by Crippen LogP contribution is -2.14. The zero-order chi connectivity index (χ0) is 15.2. The molecule has 2 aromatic rings. The second-order valence-corrected chi connectivity index (χ2v) is 4.74. The summed E-state index contributed by atoms with van der Waals surface area (Å²) in [4.78, 5) is 0. The van der Waals surface area contributed by atoms with E-state index in [4.69, 9.17) is 19.9 Å². The van der Waals surface area contributed by atoms with E-state index in [0.29, 0.717) is 17.9 Å². The smallest absolute Gasteiger partial charge is 0.164 e. The van der Waals surface area contributed by atoms with Crippen LogP contribution in [0.4, 0.5) is 0 Å². The fourth-order valence-corrected chi connectivity index (χ4v) is 2.31. The average Bonchev–Trinajstić information content (AvgIpc) is 2.55. The maximum absolute atomic E-state index is 6.29. The minimum atomic E-state index is -0.0989. The Morgan fingerprint density at radius 2 is 1.43 bits per heavy atom. The van der Waals surface area contributed by atoms with Crippen LogP contribution in [0.2, 0.25) is 0 Å². The first kappa shape index (κ1) is 15.2. The molecule has 0 aliphatic carbocycles. The summed E-state index contributed by atoms with van der Waals surface area (Å²) >= 11 is 0. The van der Waals surface area contributed by atoms with Gasteiger partial charge in [0, 0.05) is 12.1 Å². The number of methoxy groups -OCH3 is 3. The molecule has 0 bridgehead atoms. The number of ether oxygens (including phenoxy) is 3. The molecule has 2 aromatic carbocycles. The van der Waals surface area contributed by atoms with Crippen LogP contribution < -0.4 is 19.9 Å². The van der Waals surface area contributed by atoms with Crippen LogP contribution in [-0.4, -0.2) is 21.3 Å². The summed E-state index contributed by atoms with van der Waals surface area (Å²) in [7, 11) is 4.86. The van der Waals surface area contributed by atoms with E-state index in [1.165, 1.54) is 0 Å². The molecule has 0 aliphatic rings. The van der Waals surface area contributed by atoms with Crippen molar-refractivity contribution < 1.29 is 14.2 Å². The SMILES string of the molecule is COc1cc(OC)c(OC)cc1CC(N)c1ccccc1. The van der Waals surface area contributed by atoms with E-state index in [-0.39, 0.29) is 6.04 Å². The Bertz CT molecular complexity index is 584. The van der Waals surface area contributed by atoms with Crippen molar-refractivity contribution in [1.29, 1.82) is 0 Å². The molecule has 0 aliphatic heterocycles. The van der Waals surface area contributed by atoms with Crippen molar-refractivity contribution in [3.8, 4) is 17.2 Å². The highest BCUT2D eigenvalue weighted by Crippen LogP contribution is 2.36. The molecule has 0 heterocycles. The first-order valence-corrected chi connectivity index (χ1v) is 6.79. The first-order chi connectivity index (χ1) is 10.2. The van der Waals surface area contributed by atoms with Gasteiger partial charge in [-0.3, -0.25) is 0 Å². The van der Waals surface area contributed by atoms with Crippen molar-refractivity contribution in [2.45, 2.75) is 12.5 Å². The number of benzene rings is 2. The maximum Gasteiger partial charge on any atom is 0.164 e. The standard InChI is InChI=1S/C17H21NO3/c1-19-15-11-17(21-3)16(20-2)10-13(15)9-14(18)12-7-5-4-6-8-12/h4-8,10-11,14H,9,18H2,1-3H3. The number of hydrogen-bond donors (Lipinski definition) is 1. The predicted octanol–water partition coefficient (Wildman–Crippen LogP) is 2.95. The molecule has 0 radical (unpaired) electrons. The van der Waals surface area contributed by atoms with Gasteiger partial charge in [-0.15, -0.1) is 0 Å². The third-order valence-electron chi connectivity index (χ3n) is 3.45. The largest absolute Gasteiger partial charge is 0.496 e. The average molecular weight is 287 g/mol. The van der Waals surface area contributed by atoms with Crippen molar-refractivity contribution in [1.82, 2.24) is 0 Å². The lowest BCUT2D eigenvalue weighted by molar-refractivity contribution is 0.347. The minimum absolute atomic E-state index is 0.0989. The Hall–Kier alpha value is -2.20. The molecule has 0 saturated heterocycles. The molecule has 1 atom stereocenters. The summed E-state index contributed by atoms with van der Waals surface area (Å²) in [5, 5.41) is 0. The van der Waals surface area contributed by atoms with Gasteiger partial charge in [0.2, 0.25) is 0 Å². The van der Waals surface area contributed by atoms with Crippen molar-refractivity contribution >= 4 is 0 Å². The molecule has 1 unspecified atom stereocenters. The second kappa shape index (κ2) is 6.99. The molecule has 21 heavy (non-hydrogen) atoms. The Balaban J connectivity index is 2.30. The highest BCUT2D eigenvalue weighted by molar-refractivity contribution is 5.51.